The van der Waals surface area contributed by atoms with Gasteiger partial charge in [0.15, 0.2) is 0 Å². The van der Waals surface area contributed by atoms with E-state index in [1.165, 1.54) is 0 Å². The van der Waals surface area contributed by atoms with E-state index in [1.807, 2.05) is 34.6 Å². The summed E-state index contributed by atoms with van der Waals surface area (Å²) in [6.07, 6.45) is 1.63. The van der Waals surface area contributed by atoms with Gasteiger partial charge in [-0.25, -0.2) is 4.21 Å². The van der Waals surface area contributed by atoms with E-state index in [2.05, 4.69) is 4.40 Å². The van der Waals surface area contributed by atoms with Crippen molar-refractivity contribution in [2.75, 3.05) is 0 Å². The highest BCUT2D eigenvalue weighted by Crippen LogP contribution is 2.14. The molecule has 0 aromatic rings. The maximum absolute atomic E-state index is 11.7. The molecule has 0 aromatic heterocycles. The Bertz CT molecular complexity index is 243. The smallest absolute Gasteiger partial charge is 0.144 e. The average molecular weight is 233 g/mol. The predicted octanol–water partition coefficient (Wildman–Crippen LogP) is 2.46. The van der Waals surface area contributed by atoms with Gasteiger partial charge in [0.25, 0.3) is 0 Å². The minimum atomic E-state index is -1.21. The van der Waals surface area contributed by atoms with Crippen molar-refractivity contribution in [2.24, 2.45) is 4.40 Å². The summed E-state index contributed by atoms with van der Waals surface area (Å²) in [7, 11) is -1.21. The van der Waals surface area contributed by atoms with Gasteiger partial charge in [-0.2, -0.15) is 4.40 Å². The molecule has 0 saturated heterocycles. The van der Waals surface area contributed by atoms with Crippen LogP contribution in [0.1, 0.15) is 53.9 Å². The van der Waals surface area contributed by atoms with Gasteiger partial charge in [-0.15, -0.1) is 0 Å². The fourth-order valence-electron chi connectivity index (χ4n) is 0.917. The highest BCUT2D eigenvalue weighted by atomic mass is 32.2. The first-order valence-electron chi connectivity index (χ1n) is 5.47. The molecule has 0 bridgehead atoms. The molecule has 0 rings (SSSR count). The Hall–Kier alpha value is -0.220. The number of hydrogen-bond acceptors (Lipinski definition) is 2. The van der Waals surface area contributed by atoms with Gasteiger partial charge in [-0.3, -0.25) is 0 Å². The Morgan fingerprint density at radius 1 is 1.40 bits per heavy atom. The molecule has 0 spiro atoms. The second-order valence-electron chi connectivity index (χ2n) is 4.64. The Morgan fingerprint density at radius 3 is 2.27 bits per heavy atom. The van der Waals surface area contributed by atoms with Crippen molar-refractivity contribution in [3.63, 3.8) is 0 Å². The minimum absolute atomic E-state index is 0.322. The van der Waals surface area contributed by atoms with Gasteiger partial charge < -0.3 is 5.11 Å². The number of hydrogen-bond donors (Lipinski definition) is 1. The van der Waals surface area contributed by atoms with Gasteiger partial charge in [-0.1, -0.05) is 13.8 Å². The van der Waals surface area contributed by atoms with Crippen molar-refractivity contribution in [1.82, 2.24) is 0 Å². The molecule has 0 radical (unpaired) electrons. The zero-order chi connectivity index (χ0) is 12.1. The molecule has 0 amide bonds. The summed E-state index contributed by atoms with van der Waals surface area (Å²) in [5.41, 5.74) is 0.845. The zero-order valence-corrected chi connectivity index (χ0v) is 11.2. The maximum Gasteiger partial charge on any atom is 0.144 e. The number of aliphatic hydroxyl groups is 1. The van der Waals surface area contributed by atoms with E-state index in [1.54, 1.807) is 0 Å². The van der Waals surface area contributed by atoms with Crippen LogP contribution in [-0.2, 0) is 11.0 Å². The first-order chi connectivity index (χ1) is 6.81. The van der Waals surface area contributed by atoms with Crippen LogP contribution in [-0.4, -0.2) is 25.9 Å². The van der Waals surface area contributed by atoms with Gasteiger partial charge in [0.2, 0.25) is 0 Å². The van der Waals surface area contributed by atoms with Gasteiger partial charge in [0.1, 0.15) is 11.0 Å². The Morgan fingerprint density at radius 2 is 1.93 bits per heavy atom. The van der Waals surface area contributed by atoms with Crippen molar-refractivity contribution in [3.05, 3.63) is 0 Å². The fourth-order valence-corrected chi connectivity index (χ4v) is 1.63. The Kier molecular flexibility index (Phi) is 6.29. The molecule has 3 nitrogen and oxygen atoms in total. The van der Waals surface area contributed by atoms with Gasteiger partial charge in [0, 0.05) is 12.1 Å². The third-order valence-electron chi connectivity index (χ3n) is 2.09. The van der Waals surface area contributed by atoms with Crippen molar-refractivity contribution in [1.29, 1.82) is 0 Å². The highest BCUT2D eigenvalue weighted by Gasteiger charge is 2.19. The number of nitrogens with zero attached hydrogens (tertiary/aromatic N) is 1. The molecule has 4 heteroatoms. The van der Waals surface area contributed by atoms with E-state index in [0.29, 0.717) is 12.8 Å². The van der Waals surface area contributed by atoms with Crippen molar-refractivity contribution in [2.45, 2.75) is 64.7 Å². The molecule has 0 aliphatic heterocycles. The molecule has 2 atom stereocenters. The Labute approximate surface area is 95.6 Å². The minimum Gasteiger partial charge on any atom is -0.393 e. The van der Waals surface area contributed by atoms with Crippen LogP contribution in [0.5, 0.6) is 0 Å². The summed E-state index contributed by atoms with van der Waals surface area (Å²) in [4.78, 5) is 0. The SMILES string of the molecule is CC/C(C[C@H](O)CC)=N/[S@](=O)C(C)(C)C. The fraction of sp³-hybridized carbons (Fsp3) is 0.909. The second kappa shape index (κ2) is 6.38. The molecule has 0 saturated carbocycles. The molecule has 0 unspecified atom stereocenters. The van der Waals surface area contributed by atoms with Gasteiger partial charge >= 0.3 is 0 Å². The van der Waals surface area contributed by atoms with Gasteiger partial charge in [0.05, 0.1) is 10.9 Å². The topological polar surface area (TPSA) is 49.7 Å². The Balaban J connectivity index is 4.53. The summed E-state index contributed by atoms with van der Waals surface area (Å²) in [5.74, 6) is 0. The lowest BCUT2D eigenvalue weighted by Gasteiger charge is -2.15. The van der Waals surface area contributed by atoms with E-state index < -0.39 is 11.0 Å². The van der Waals surface area contributed by atoms with Crippen LogP contribution >= 0.6 is 0 Å². The molecule has 15 heavy (non-hydrogen) atoms. The largest absolute Gasteiger partial charge is 0.393 e. The molecular formula is C11H23NO2S. The van der Waals surface area contributed by atoms with E-state index in [4.69, 9.17) is 0 Å². The summed E-state index contributed by atoms with van der Waals surface area (Å²) >= 11 is 0. The maximum atomic E-state index is 11.7. The molecule has 90 valence electrons. The third-order valence-corrected chi connectivity index (χ3v) is 3.56. The zero-order valence-electron chi connectivity index (χ0n) is 10.4. The normalized spacial score (nSPS) is 17.6. The monoisotopic (exact) mass is 233 g/mol. The van der Waals surface area contributed by atoms with Crippen LogP contribution in [0.3, 0.4) is 0 Å². The molecule has 0 aromatic carbocycles. The summed E-state index contributed by atoms with van der Waals surface area (Å²) in [6.45, 7) is 9.60. The average Bonchev–Trinajstić information content (AvgIpc) is 2.14. The summed E-state index contributed by atoms with van der Waals surface area (Å²) < 4.78 is 15.6. The second-order valence-corrected chi connectivity index (χ2v) is 6.54. The lowest BCUT2D eigenvalue weighted by atomic mass is 10.1. The summed E-state index contributed by atoms with van der Waals surface area (Å²) in [6, 6.07) is 0. The molecule has 0 aliphatic rings. The molecule has 1 N–H and O–H groups in total. The lowest BCUT2D eigenvalue weighted by molar-refractivity contribution is 0.178. The summed E-state index contributed by atoms with van der Waals surface area (Å²) in [5, 5.41) is 9.50. The molecule has 0 fully saturated rings. The highest BCUT2D eigenvalue weighted by molar-refractivity contribution is 7.85. The van der Waals surface area contributed by atoms with E-state index in [-0.39, 0.29) is 10.9 Å². The number of rotatable bonds is 5. The lowest BCUT2D eigenvalue weighted by Crippen LogP contribution is -2.22. The molecular weight excluding hydrogens is 210 g/mol. The van der Waals surface area contributed by atoms with Crippen molar-refractivity contribution >= 4 is 16.7 Å². The van der Waals surface area contributed by atoms with E-state index in [9.17, 15) is 9.32 Å². The van der Waals surface area contributed by atoms with Crippen LogP contribution in [0, 0.1) is 0 Å². The number of aliphatic hydroxyl groups excluding tert-OH is 1. The van der Waals surface area contributed by atoms with Crippen molar-refractivity contribution < 1.29 is 9.32 Å². The third kappa shape index (κ3) is 6.05. The van der Waals surface area contributed by atoms with Crippen molar-refractivity contribution in [3.8, 4) is 0 Å². The predicted molar refractivity (Wildman–Crippen MR) is 66.5 cm³/mol. The van der Waals surface area contributed by atoms with Crippen LogP contribution in [0.4, 0.5) is 0 Å². The quantitative estimate of drug-likeness (QED) is 0.742. The molecule has 0 aliphatic carbocycles. The van der Waals surface area contributed by atoms with E-state index >= 15 is 0 Å². The molecule has 0 heterocycles. The van der Waals surface area contributed by atoms with Crippen LogP contribution < -0.4 is 0 Å². The van der Waals surface area contributed by atoms with Crippen LogP contribution in [0.2, 0.25) is 0 Å². The van der Waals surface area contributed by atoms with E-state index in [0.717, 1.165) is 12.1 Å². The first kappa shape index (κ1) is 14.8. The standard InChI is InChI=1S/C11H23NO2S/c1-6-9(8-10(13)7-2)12-15(14)11(3,4)5/h10,13H,6-8H2,1-5H3/b12-9-/t10-,15-/m1/s1. The van der Waals surface area contributed by atoms with Crippen LogP contribution in [0.25, 0.3) is 0 Å². The van der Waals surface area contributed by atoms with Crippen LogP contribution in [0.15, 0.2) is 4.40 Å². The van der Waals surface area contributed by atoms with Gasteiger partial charge in [-0.05, 0) is 33.6 Å². The first-order valence-corrected chi connectivity index (χ1v) is 6.58.